The SMILES string of the molecule is CCCCOC(OCCCC)c1ccccc1-c1ccccc1. The molecule has 0 atom stereocenters. The van der Waals surface area contributed by atoms with Gasteiger partial charge in [0.2, 0.25) is 0 Å². The Morgan fingerprint density at radius 3 is 1.91 bits per heavy atom. The third-order valence-electron chi connectivity index (χ3n) is 3.83. The summed E-state index contributed by atoms with van der Waals surface area (Å²) in [6.07, 6.45) is 4.08. The van der Waals surface area contributed by atoms with E-state index < -0.39 is 0 Å². The average Bonchev–Trinajstić information content (AvgIpc) is 2.61. The Kier molecular flexibility index (Phi) is 7.85. The second-order valence-electron chi connectivity index (χ2n) is 5.73. The van der Waals surface area contributed by atoms with Crippen LogP contribution >= 0.6 is 0 Å². The molecular formula is C21H28O2. The minimum atomic E-state index is -0.287. The summed E-state index contributed by atoms with van der Waals surface area (Å²) in [7, 11) is 0. The van der Waals surface area contributed by atoms with Gasteiger partial charge in [-0.15, -0.1) is 0 Å². The number of hydrogen-bond acceptors (Lipinski definition) is 2. The van der Waals surface area contributed by atoms with E-state index in [9.17, 15) is 0 Å². The minimum absolute atomic E-state index is 0.287. The van der Waals surface area contributed by atoms with E-state index >= 15 is 0 Å². The molecule has 0 N–H and O–H groups in total. The van der Waals surface area contributed by atoms with Gasteiger partial charge in [-0.05, 0) is 24.0 Å². The molecule has 0 aliphatic carbocycles. The highest BCUT2D eigenvalue weighted by Gasteiger charge is 2.17. The second kappa shape index (κ2) is 10.2. The molecule has 0 aliphatic rings. The van der Waals surface area contributed by atoms with Crippen molar-refractivity contribution in [1.29, 1.82) is 0 Å². The zero-order valence-corrected chi connectivity index (χ0v) is 14.3. The van der Waals surface area contributed by atoms with Crippen LogP contribution < -0.4 is 0 Å². The summed E-state index contributed by atoms with van der Waals surface area (Å²) in [6.45, 7) is 5.81. The number of hydrogen-bond donors (Lipinski definition) is 0. The average molecular weight is 312 g/mol. The van der Waals surface area contributed by atoms with Crippen molar-refractivity contribution < 1.29 is 9.47 Å². The predicted octanol–water partition coefficient (Wildman–Crippen LogP) is 5.99. The molecule has 0 heterocycles. The van der Waals surface area contributed by atoms with E-state index in [4.69, 9.17) is 9.47 Å². The van der Waals surface area contributed by atoms with Crippen LogP contribution in [0.25, 0.3) is 11.1 Å². The standard InChI is InChI=1S/C21H28O2/c1-3-5-16-22-21(23-17-6-4-2)20-15-11-10-14-19(20)18-12-8-7-9-13-18/h7-15,21H,3-6,16-17H2,1-2H3. The maximum atomic E-state index is 6.06. The predicted molar refractivity (Wildman–Crippen MR) is 96.3 cm³/mol. The Labute approximate surface area is 140 Å². The molecule has 0 spiro atoms. The Morgan fingerprint density at radius 2 is 1.30 bits per heavy atom. The van der Waals surface area contributed by atoms with E-state index in [1.54, 1.807) is 0 Å². The molecule has 0 fully saturated rings. The molecule has 124 valence electrons. The Balaban J connectivity index is 2.22. The summed E-state index contributed by atoms with van der Waals surface area (Å²) in [6, 6.07) is 18.8. The van der Waals surface area contributed by atoms with Crippen LogP contribution in [0.3, 0.4) is 0 Å². The van der Waals surface area contributed by atoms with Crippen LogP contribution in [0.15, 0.2) is 54.6 Å². The quantitative estimate of drug-likeness (QED) is 0.396. The van der Waals surface area contributed by atoms with Crippen molar-refractivity contribution in [1.82, 2.24) is 0 Å². The van der Waals surface area contributed by atoms with Gasteiger partial charge in [0.15, 0.2) is 6.29 Å². The molecule has 0 aromatic heterocycles. The van der Waals surface area contributed by atoms with Crippen LogP contribution in [0.5, 0.6) is 0 Å². The highest BCUT2D eigenvalue weighted by Crippen LogP contribution is 2.31. The number of ether oxygens (including phenoxy) is 2. The van der Waals surface area contributed by atoms with Gasteiger partial charge in [-0.3, -0.25) is 0 Å². The lowest BCUT2D eigenvalue weighted by atomic mass is 9.99. The van der Waals surface area contributed by atoms with Crippen molar-refractivity contribution in [2.45, 2.75) is 45.8 Å². The van der Waals surface area contributed by atoms with Crippen LogP contribution in [0, 0.1) is 0 Å². The Hall–Kier alpha value is -1.64. The summed E-state index contributed by atoms with van der Waals surface area (Å²) in [5, 5.41) is 0. The van der Waals surface area contributed by atoms with Gasteiger partial charge in [0, 0.05) is 5.56 Å². The second-order valence-corrected chi connectivity index (χ2v) is 5.73. The van der Waals surface area contributed by atoms with Crippen LogP contribution in [-0.4, -0.2) is 13.2 Å². The highest BCUT2D eigenvalue weighted by atomic mass is 16.7. The summed E-state index contributed by atoms with van der Waals surface area (Å²) in [4.78, 5) is 0. The third kappa shape index (κ3) is 5.49. The first-order chi connectivity index (χ1) is 11.4. The summed E-state index contributed by atoms with van der Waals surface area (Å²) in [5.41, 5.74) is 3.50. The molecule has 0 radical (unpaired) electrons. The van der Waals surface area contributed by atoms with Crippen LogP contribution in [-0.2, 0) is 9.47 Å². The number of rotatable bonds is 10. The van der Waals surface area contributed by atoms with Gasteiger partial charge in [-0.25, -0.2) is 0 Å². The lowest BCUT2D eigenvalue weighted by molar-refractivity contribution is -0.147. The first-order valence-corrected chi connectivity index (χ1v) is 8.74. The Bertz CT molecular complexity index is 541. The van der Waals surface area contributed by atoms with E-state index in [1.807, 2.05) is 6.07 Å². The fourth-order valence-electron chi connectivity index (χ4n) is 2.48. The lowest BCUT2D eigenvalue weighted by Gasteiger charge is -2.22. The molecule has 2 heteroatoms. The minimum Gasteiger partial charge on any atom is -0.348 e. The molecule has 2 aromatic rings. The molecule has 0 saturated carbocycles. The van der Waals surface area contributed by atoms with Gasteiger partial charge < -0.3 is 9.47 Å². The van der Waals surface area contributed by atoms with Gasteiger partial charge in [0.05, 0.1) is 13.2 Å². The molecule has 0 aliphatic heterocycles. The molecule has 0 amide bonds. The van der Waals surface area contributed by atoms with Crippen LogP contribution in [0.2, 0.25) is 0 Å². The van der Waals surface area contributed by atoms with Gasteiger partial charge in [0.1, 0.15) is 0 Å². The maximum absolute atomic E-state index is 6.06. The molecule has 0 saturated heterocycles. The first-order valence-electron chi connectivity index (χ1n) is 8.74. The van der Waals surface area contributed by atoms with Crippen LogP contribution in [0.4, 0.5) is 0 Å². The van der Waals surface area contributed by atoms with Crippen molar-refractivity contribution in [3.05, 3.63) is 60.2 Å². The first kappa shape index (κ1) is 17.7. The van der Waals surface area contributed by atoms with Gasteiger partial charge in [0.25, 0.3) is 0 Å². The van der Waals surface area contributed by atoms with Crippen molar-refractivity contribution in [3.63, 3.8) is 0 Å². The number of benzene rings is 2. The summed E-state index contributed by atoms with van der Waals surface area (Å²) < 4.78 is 12.1. The van der Waals surface area contributed by atoms with Crippen molar-refractivity contribution in [3.8, 4) is 11.1 Å². The zero-order valence-electron chi connectivity index (χ0n) is 14.3. The summed E-state index contributed by atoms with van der Waals surface area (Å²) >= 11 is 0. The number of unbranched alkanes of at least 4 members (excludes halogenated alkanes) is 2. The normalized spacial score (nSPS) is 11.1. The molecule has 0 bridgehead atoms. The van der Waals surface area contributed by atoms with Gasteiger partial charge in [-0.2, -0.15) is 0 Å². The van der Waals surface area contributed by atoms with Crippen molar-refractivity contribution in [2.75, 3.05) is 13.2 Å². The molecule has 2 aromatic carbocycles. The summed E-state index contributed by atoms with van der Waals surface area (Å²) in [5.74, 6) is 0. The Morgan fingerprint density at radius 1 is 0.739 bits per heavy atom. The van der Waals surface area contributed by atoms with E-state index in [0.717, 1.165) is 44.5 Å². The van der Waals surface area contributed by atoms with Crippen LogP contribution in [0.1, 0.15) is 51.4 Å². The highest BCUT2D eigenvalue weighted by molar-refractivity contribution is 5.67. The fourth-order valence-corrected chi connectivity index (χ4v) is 2.48. The van der Waals surface area contributed by atoms with Gasteiger partial charge >= 0.3 is 0 Å². The van der Waals surface area contributed by atoms with E-state index in [1.165, 1.54) is 11.1 Å². The molecule has 2 nitrogen and oxygen atoms in total. The maximum Gasteiger partial charge on any atom is 0.184 e. The van der Waals surface area contributed by atoms with Gasteiger partial charge in [-0.1, -0.05) is 81.3 Å². The third-order valence-corrected chi connectivity index (χ3v) is 3.83. The fraction of sp³-hybridized carbons (Fsp3) is 0.429. The van der Waals surface area contributed by atoms with E-state index in [0.29, 0.717) is 0 Å². The molecule has 23 heavy (non-hydrogen) atoms. The lowest BCUT2D eigenvalue weighted by Crippen LogP contribution is -2.12. The van der Waals surface area contributed by atoms with Crippen molar-refractivity contribution in [2.24, 2.45) is 0 Å². The monoisotopic (exact) mass is 312 g/mol. The zero-order chi connectivity index (χ0) is 16.3. The van der Waals surface area contributed by atoms with E-state index in [-0.39, 0.29) is 6.29 Å². The largest absolute Gasteiger partial charge is 0.348 e. The molecular weight excluding hydrogens is 284 g/mol. The van der Waals surface area contributed by atoms with E-state index in [2.05, 4.69) is 62.4 Å². The molecule has 0 unspecified atom stereocenters. The molecule has 2 rings (SSSR count). The van der Waals surface area contributed by atoms with Crippen molar-refractivity contribution >= 4 is 0 Å². The topological polar surface area (TPSA) is 18.5 Å². The smallest absolute Gasteiger partial charge is 0.184 e.